The fraction of sp³-hybridized carbons (Fsp3) is 0.385. The van der Waals surface area contributed by atoms with E-state index >= 15 is 0 Å². The molecule has 1 fully saturated rings. The highest BCUT2D eigenvalue weighted by Gasteiger charge is 2.18. The van der Waals surface area contributed by atoms with Gasteiger partial charge in [0.15, 0.2) is 0 Å². The second-order valence-corrected chi connectivity index (χ2v) is 4.45. The zero-order chi connectivity index (χ0) is 11.4. The van der Waals surface area contributed by atoms with Crippen LogP contribution in [0.3, 0.4) is 0 Å². The molecule has 0 radical (unpaired) electrons. The summed E-state index contributed by atoms with van der Waals surface area (Å²) in [6, 6.07) is 8.35. The maximum atomic E-state index is 5.90. The van der Waals surface area contributed by atoms with Crippen molar-refractivity contribution in [3.05, 3.63) is 47.5 Å². The first-order chi connectivity index (χ1) is 7.81. The van der Waals surface area contributed by atoms with E-state index < -0.39 is 0 Å². The molecule has 5 heteroatoms. The second kappa shape index (κ2) is 8.78. The van der Waals surface area contributed by atoms with Gasteiger partial charge in [-0.05, 0) is 17.7 Å². The van der Waals surface area contributed by atoms with Crippen LogP contribution in [0.4, 0.5) is 0 Å². The topological polar surface area (TPSA) is 15.3 Å². The smallest absolute Gasteiger partial charge is 0.0529 e. The molecule has 1 aliphatic heterocycles. The maximum Gasteiger partial charge on any atom is 0.0529 e. The highest BCUT2D eigenvalue weighted by molar-refractivity contribution is 6.30. The maximum absolute atomic E-state index is 5.90. The van der Waals surface area contributed by atoms with Crippen molar-refractivity contribution in [3.63, 3.8) is 0 Å². The van der Waals surface area contributed by atoms with Gasteiger partial charge in [0.1, 0.15) is 0 Å². The van der Waals surface area contributed by atoms with Crippen molar-refractivity contribution in [3.8, 4) is 0 Å². The molecule has 2 rings (SSSR count). The molecule has 2 nitrogen and oxygen atoms in total. The lowest BCUT2D eigenvalue weighted by Crippen LogP contribution is -2.44. The molecule has 0 spiro atoms. The van der Waals surface area contributed by atoms with E-state index in [-0.39, 0.29) is 24.8 Å². The van der Waals surface area contributed by atoms with Crippen LogP contribution in [0, 0.1) is 0 Å². The van der Waals surface area contributed by atoms with Crippen molar-refractivity contribution in [2.24, 2.45) is 0 Å². The van der Waals surface area contributed by atoms with Crippen LogP contribution in [0.25, 0.3) is 0 Å². The van der Waals surface area contributed by atoms with Gasteiger partial charge in [0, 0.05) is 31.2 Å². The molecule has 1 saturated heterocycles. The van der Waals surface area contributed by atoms with E-state index in [0.29, 0.717) is 6.04 Å². The lowest BCUT2D eigenvalue weighted by Gasteiger charge is -2.33. The summed E-state index contributed by atoms with van der Waals surface area (Å²) in [6.45, 7) is 8.18. The Labute approximate surface area is 126 Å². The number of nitrogens with one attached hydrogen (secondary N) is 1. The number of halogens is 3. The van der Waals surface area contributed by atoms with Crippen LogP contribution in [0.15, 0.2) is 36.9 Å². The van der Waals surface area contributed by atoms with Crippen molar-refractivity contribution in [2.75, 3.05) is 26.2 Å². The molecule has 1 heterocycles. The van der Waals surface area contributed by atoms with Crippen LogP contribution in [0.5, 0.6) is 0 Å². The number of benzene rings is 1. The van der Waals surface area contributed by atoms with E-state index in [0.717, 1.165) is 31.2 Å². The van der Waals surface area contributed by atoms with Crippen molar-refractivity contribution in [1.82, 2.24) is 10.2 Å². The average Bonchev–Trinajstić information content (AvgIpc) is 2.34. The molecule has 1 aromatic carbocycles. The molecule has 1 atom stereocenters. The van der Waals surface area contributed by atoms with E-state index in [1.807, 2.05) is 18.2 Å². The average molecular weight is 310 g/mol. The van der Waals surface area contributed by atoms with E-state index in [1.54, 1.807) is 0 Å². The number of rotatable bonds is 3. The van der Waals surface area contributed by atoms with E-state index in [2.05, 4.69) is 28.9 Å². The summed E-state index contributed by atoms with van der Waals surface area (Å²) in [6.07, 6.45) is 2.01. The molecule has 18 heavy (non-hydrogen) atoms. The molecule has 0 bridgehead atoms. The van der Waals surface area contributed by atoms with E-state index in [4.69, 9.17) is 11.6 Å². The number of hydrogen-bond acceptors (Lipinski definition) is 2. The van der Waals surface area contributed by atoms with E-state index in [9.17, 15) is 0 Å². The second-order valence-electron chi connectivity index (χ2n) is 4.02. The normalized spacial score (nSPS) is 17.2. The molecule has 102 valence electrons. The molecule has 0 aromatic heterocycles. The number of piperazine rings is 1. The van der Waals surface area contributed by atoms with Gasteiger partial charge >= 0.3 is 0 Å². The molecular formula is C13H19Cl3N2. The largest absolute Gasteiger partial charge is 0.314 e. The first kappa shape index (κ1) is 17.8. The highest BCUT2D eigenvalue weighted by atomic mass is 35.5. The standard InChI is InChI=1S/C13H17ClN2.2ClH/c1-2-13(16-9-7-15-8-10-16)11-3-5-12(14)6-4-11;;/h2-6,13,15H,1,7-10H2;2*1H/t13-;;/m1../s1. The fourth-order valence-electron chi connectivity index (χ4n) is 2.12. The van der Waals surface area contributed by atoms with Crippen molar-refractivity contribution in [2.45, 2.75) is 6.04 Å². The predicted octanol–water partition coefficient (Wildman–Crippen LogP) is 3.32. The van der Waals surface area contributed by atoms with Gasteiger partial charge in [0.25, 0.3) is 0 Å². The quantitative estimate of drug-likeness (QED) is 0.862. The van der Waals surface area contributed by atoms with Gasteiger partial charge in [-0.3, -0.25) is 4.90 Å². The Morgan fingerprint density at radius 3 is 2.22 bits per heavy atom. The molecular weight excluding hydrogens is 291 g/mol. The summed E-state index contributed by atoms with van der Waals surface area (Å²) in [5, 5.41) is 4.14. The minimum Gasteiger partial charge on any atom is -0.314 e. The lowest BCUT2D eigenvalue weighted by molar-refractivity contribution is 0.203. The third-order valence-corrected chi connectivity index (χ3v) is 3.23. The molecule has 0 unspecified atom stereocenters. The zero-order valence-corrected chi connectivity index (χ0v) is 12.5. The summed E-state index contributed by atoms with van der Waals surface area (Å²) in [4.78, 5) is 2.44. The Kier molecular flexibility index (Phi) is 8.66. The molecule has 0 amide bonds. The molecule has 0 saturated carbocycles. The molecule has 0 aliphatic carbocycles. The summed E-state index contributed by atoms with van der Waals surface area (Å²) in [7, 11) is 0. The van der Waals surface area contributed by atoms with E-state index in [1.165, 1.54) is 5.56 Å². The van der Waals surface area contributed by atoms with Gasteiger partial charge in [-0.2, -0.15) is 0 Å². The van der Waals surface area contributed by atoms with Crippen LogP contribution >= 0.6 is 36.4 Å². The summed E-state index contributed by atoms with van der Waals surface area (Å²) < 4.78 is 0. The third kappa shape index (κ3) is 4.45. The van der Waals surface area contributed by atoms with Crippen molar-refractivity contribution < 1.29 is 0 Å². The first-order valence-electron chi connectivity index (χ1n) is 5.64. The van der Waals surface area contributed by atoms with Crippen LogP contribution in [0.2, 0.25) is 5.02 Å². The first-order valence-corrected chi connectivity index (χ1v) is 6.02. The summed E-state index contributed by atoms with van der Waals surface area (Å²) in [5.74, 6) is 0. The molecule has 1 aliphatic rings. The van der Waals surface area contributed by atoms with Gasteiger partial charge in [-0.25, -0.2) is 0 Å². The number of nitrogens with zero attached hydrogens (tertiary/aromatic N) is 1. The molecule has 1 N–H and O–H groups in total. The van der Waals surface area contributed by atoms with Crippen LogP contribution in [-0.4, -0.2) is 31.1 Å². The van der Waals surface area contributed by atoms with Crippen LogP contribution in [0.1, 0.15) is 11.6 Å². The van der Waals surface area contributed by atoms with Crippen LogP contribution in [-0.2, 0) is 0 Å². The lowest BCUT2D eigenvalue weighted by atomic mass is 10.0. The third-order valence-electron chi connectivity index (χ3n) is 2.98. The Balaban J connectivity index is 0.00000144. The Morgan fingerprint density at radius 2 is 1.72 bits per heavy atom. The van der Waals surface area contributed by atoms with Gasteiger partial charge in [0.05, 0.1) is 6.04 Å². The Morgan fingerprint density at radius 1 is 1.17 bits per heavy atom. The van der Waals surface area contributed by atoms with Gasteiger partial charge in [-0.15, -0.1) is 31.4 Å². The van der Waals surface area contributed by atoms with Crippen LogP contribution < -0.4 is 5.32 Å². The minimum atomic E-state index is 0. The van der Waals surface area contributed by atoms with Crippen molar-refractivity contribution in [1.29, 1.82) is 0 Å². The van der Waals surface area contributed by atoms with Gasteiger partial charge in [-0.1, -0.05) is 29.8 Å². The monoisotopic (exact) mass is 308 g/mol. The Hall–Kier alpha value is -0.250. The predicted molar refractivity (Wildman–Crippen MR) is 83.3 cm³/mol. The summed E-state index contributed by atoms with van der Waals surface area (Å²) in [5.41, 5.74) is 1.27. The zero-order valence-electron chi connectivity index (χ0n) is 10.1. The fourth-order valence-corrected chi connectivity index (χ4v) is 2.24. The van der Waals surface area contributed by atoms with Crippen molar-refractivity contribution >= 4 is 36.4 Å². The van der Waals surface area contributed by atoms with Gasteiger partial charge < -0.3 is 5.32 Å². The minimum absolute atomic E-state index is 0. The number of hydrogen-bond donors (Lipinski definition) is 1. The highest BCUT2D eigenvalue weighted by Crippen LogP contribution is 2.23. The molecule has 1 aromatic rings. The van der Waals surface area contributed by atoms with Gasteiger partial charge in [0.2, 0.25) is 0 Å². The Bertz CT molecular complexity index is 348. The SMILES string of the molecule is C=C[C@H](c1ccc(Cl)cc1)N1CCNCC1.Cl.Cl. The summed E-state index contributed by atoms with van der Waals surface area (Å²) >= 11 is 5.90.